The van der Waals surface area contributed by atoms with Gasteiger partial charge < -0.3 is 5.32 Å². The first-order valence-corrected chi connectivity index (χ1v) is 11.4. The summed E-state index contributed by atoms with van der Waals surface area (Å²) in [6, 6.07) is 1.52. The Balaban J connectivity index is 2.63. The summed E-state index contributed by atoms with van der Waals surface area (Å²) in [6.07, 6.45) is 0. The first-order chi connectivity index (χ1) is 13.5. The summed E-state index contributed by atoms with van der Waals surface area (Å²) in [5, 5.41) is 2.58. The predicted octanol–water partition coefficient (Wildman–Crippen LogP) is 1.03. The smallest absolute Gasteiger partial charge is 0.330 e. The topological polar surface area (TPSA) is 131 Å². The van der Waals surface area contributed by atoms with Crippen LogP contribution in [0.15, 0.2) is 15.7 Å². The minimum Gasteiger partial charge on any atom is -0.351 e. The molecule has 0 fully saturated rings. The summed E-state index contributed by atoms with van der Waals surface area (Å²) >= 11 is 0. The lowest BCUT2D eigenvalue weighted by atomic mass is 10.0. The average molecular weight is 425 g/mol. The van der Waals surface area contributed by atoms with Gasteiger partial charge in [0.1, 0.15) is 0 Å². The van der Waals surface area contributed by atoms with Gasteiger partial charge in [0, 0.05) is 24.5 Å². The Labute approximate surface area is 169 Å². The molecule has 0 unspecified atom stereocenters. The van der Waals surface area contributed by atoms with Crippen LogP contribution in [0, 0.1) is 5.92 Å². The van der Waals surface area contributed by atoms with Gasteiger partial charge in [-0.2, -0.15) is 0 Å². The summed E-state index contributed by atoms with van der Waals surface area (Å²) in [4.78, 5) is 44.5. The van der Waals surface area contributed by atoms with Crippen molar-refractivity contribution in [3.63, 3.8) is 0 Å². The molecule has 2 aromatic rings. The molecule has 2 N–H and O–H groups in total. The molecule has 2 heterocycles. The summed E-state index contributed by atoms with van der Waals surface area (Å²) in [7, 11) is -3.24. The molecule has 0 aliphatic carbocycles. The van der Waals surface area contributed by atoms with Gasteiger partial charge in [0.2, 0.25) is 0 Å². The number of amides is 1. The Kier molecular flexibility index (Phi) is 6.99. The van der Waals surface area contributed by atoms with Crippen LogP contribution in [0.1, 0.15) is 56.6 Å². The fourth-order valence-corrected chi connectivity index (χ4v) is 3.56. The van der Waals surface area contributed by atoms with E-state index in [1.165, 1.54) is 17.6 Å². The summed E-state index contributed by atoms with van der Waals surface area (Å²) in [5.41, 5.74) is -0.480. The standard InChI is InChI=1S/C19H28N4O5S/c1-6-29(27,28)8-7-20-17(24)13-9-14(12(4)5)21-16-15(13)18(25)22-19(26)23(16)10-11(2)3/h9,11-12H,6-8,10H2,1-5H3,(H,20,24)(H,22,25,26). The van der Waals surface area contributed by atoms with E-state index in [0.717, 1.165) is 0 Å². The van der Waals surface area contributed by atoms with E-state index in [2.05, 4.69) is 15.3 Å². The van der Waals surface area contributed by atoms with Crippen molar-refractivity contribution in [2.24, 2.45) is 5.92 Å². The minimum atomic E-state index is -3.24. The largest absolute Gasteiger partial charge is 0.351 e. The van der Waals surface area contributed by atoms with E-state index in [4.69, 9.17) is 0 Å². The van der Waals surface area contributed by atoms with Crippen molar-refractivity contribution in [1.82, 2.24) is 19.9 Å². The van der Waals surface area contributed by atoms with E-state index >= 15 is 0 Å². The maximum absolute atomic E-state index is 12.8. The molecule has 9 nitrogen and oxygen atoms in total. The first-order valence-electron chi connectivity index (χ1n) is 9.63. The lowest BCUT2D eigenvalue weighted by Crippen LogP contribution is -2.35. The van der Waals surface area contributed by atoms with Crippen molar-refractivity contribution in [3.05, 3.63) is 38.2 Å². The number of aromatic nitrogens is 3. The van der Waals surface area contributed by atoms with E-state index in [1.807, 2.05) is 27.7 Å². The number of hydrogen-bond acceptors (Lipinski definition) is 6. The van der Waals surface area contributed by atoms with E-state index in [1.54, 1.807) is 0 Å². The van der Waals surface area contributed by atoms with Gasteiger partial charge in [0.15, 0.2) is 15.5 Å². The van der Waals surface area contributed by atoms with Crippen molar-refractivity contribution in [2.75, 3.05) is 18.1 Å². The van der Waals surface area contributed by atoms with Crippen molar-refractivity contribution in [1.29, 1.82) is 0 Å². The highest BCUT2D eigenvalue weighted by molar-refractivity contribution is 7.91. The maximum Gasteiger partial charge on any atom is 0.330 e. The zero-order chi connectivity index (χ0) is 21.9. The number of sulfone groups is 1. The number of carbonyl (C=O) groups excluding carboxylic acids is 1. The molecule has 1 amide bonds. The first kappa shape index (κ1) is 22.8. The molecule has 0 spiro atoms. The number of H-pyrrole nitrogens is 1. The molecule has 160 valence electrons. The van der Waals surface area contributed by atoms with Gasteiger partial charge >= 0.3 is 5.69 Å². The molecule has 0 aromatic carbocycles. The summed E-state index contributed by atoms with van der Waals surface area (Å²) in [6.45, 7) is 9.43. The van der Waals surface area contributed by atoms with Crippen molar-refractivity contribution in [2.45, 2.75) is 47.1 Å². The molecule has 29 heavy (non-hydrogen) atoms. The molecule has 0 saturated carbocycles. The third-order valence-electron chi connectivity index (χ3n) is 4.49. The second-order valence-corrected chi connectivity index (χ2v) is 10.2. The molecule has 0 atom stereocenters. The van der Waals surface area contributed by atoms with E-state index in [-0.39, 0.29) is 46.5 Å². The van der Waals surface area contributed by atoms with Crippen molar-refractivity contribution >= 4 is 26.8 Å². The number of fused-ring (bicyclic) bond motifs is 1. The highest BCUT2D eigenvalue weighted by Crippen LogP contribution is 2.20. The minimum absolute atomic E-state index is 0.0142. The SMILES string of the molecule is CCS(=O)(=O)CCNC(=O)c1cc(C(C)C)nc2c1c(=O)[nH]c(=O)n2CC(C)C. The normalized spacial score (nSPS) is 12.1. The van der Waals surface area contributed by atoms with Gasteiger partial charge in [-0.15, -0.1) is 0 Å². The molecule has 0 saturated heterocycles. The van der Waals surface area contributed by atoms with Crippen LogP contribution >= 0.6 is 0 Å². The third kappa shape index (κ3) is 5.31. The van der Waals surface area contributed by atoms with Crippen molar-refractivity contribution < 1.29 is 13.2 Å². The number of carbonyl (C=O) groups is 1. The number of aromatic amines is 1. The van der Waals surface area contributed by atoms with Crippen LogP contribution in [-0.4, -0.2) is 46.9 Å². The van der Waals surface area contributed by atoms with Gasteiger partial charge in [-0.1, -0.05) is 34.6 Å². The number of nitrogens with zero attached hydrogens (tertiary/aromatic N) is 2. The zero-order valence-electron chi connectivity index (χ0n) is 17.4. The molecule has 10 heteroatoms. The Hall–Kier alpha value is -2.49. The van der Waals surface area contributed by atoms with E-state index in [9.17, 15) is 22.8 Å². The number of pyridine rings is 1. The molecule has 2 aromatic heterocycles. The van der Waals surface area contributed by atoms with Crippen LogP contribution in [0.4, 0.5) is 0 Å². The Bertz CT molecular complexity index is 1130. The highest BCUT2D eigenvalue weighted by atomic mass is 32.2. The maximum atomic E-state index is 12.8. The summed E-state index contributed by atoms with van der Waals surface area (Å²) < 4.78 is 24.7. The van der Waals surface area contributed by atoms with Crippen LogP contribution in [0.25, 0.3) is 11.0 Å². The second kappa shape index (κ2) is 8.89. The molecule has 0 aliphatic heterocycles. The van der Waals surface area contributed by atoms with Crippen molar-refractivity contribution in [3.8, 4) is 0 Å². The molecular formula is C19H28N4O5S. The molecular weight excluding hydrogens is 396 g/mol. The third-order valence-corrected chi connectivity index (χ3v) is 6.20. The van der Waals surface area contributed by atoms with Gasteiger partial charge in [0.05, 0.1) is 16.7 Å². The van der Waals surface area contributed by atoms with Gasteiger partial charge in [-0.25, -0.2) is 18.2 Å². The fourth-order valence-electron chi connectivity index (χ4n) is 2.86. The van der Waals surface area contributed by atoms with E-state index < -0.39 is 27.0 Å². The highest BCUT2D eigenvalue weighted by Gasteiger charge is 2.21. The quantitative estimate of drug-likeness (QED) is 0.651. The number of rotatable bonds is 8. The zero-order valence-corrected chi connectivity index (χ0v) is 18.2. The van der Waals surface area contributed by atoms with Gasteiger partial charge in [-0.3, -0.25) is 19.1 Å². The van der Waals surface area contributed by atoms with Gasteiger partial charge in [-0.05, 0) is 17.9 Å². The Morgan fingerprint density at radius 3 is 2.45 bits per heavy atom. The monoisotopic (exact) mass is 424 g/mol. The molecule has 0 aliphatic rings. The Morgan fingerprint density at radius 2 is 1.90 bits per heavy atom. The molecule has 0 bridgehead atoms. The number of hydrogen-bond donors (Lipinski definition) is 2. The predicted molar refractivity (Wildman–Crippen MR) is 112 cm³/mol. The van der Waals surface area contributed by atoms with Gasteiger partial charge in [0.25, 0.3) is 11.5 Å². The van der Waals surface area contributed by atoms with Crippen LogP contribution in [-0.2, 0) is 16.4 Å². The van der Waals surface area contributed by atoms with E-state index in [0.29, 0.717) is 12.2 Å². The molecule has 2 rings (SSSR count). The van der Waals surface area contributed by atoms with Crippen LogP contribution < -0.4 is 16.6 Å². The Morgan fingerprint density at radius 1 is 1.24 bits per heavy atom. The lowest BCUT2D eigenvalue weighted by Gasteiger charge is -2.16. The number of nitrogens with one attached hydrogen (secondary N) is 2. The van der Waals surface area contributed by atoms with Crippen LogP contribution in [0.3, 0.4) is 0 Å². The lowest BCUT2D eigenvalue weighted by molar-refractivity contribution is 0.0957. The molecule has 0 radical (unpaired) electrons. The fraction of sp³-hybridized carbons (Fsp3) is 0.579. The van der Waals surface area contributed by atoms with Crippen LogP contribution in [0.2, 0.25) is 0 Å². The summed E-state index contributed by atoms with van der Waals surface area (Å²) in [5.74, 6) is -0.717. The second-order valence-electron chi connectivity index (χ2n) is 7.70. The average Bonchev–Trinajstić information content (AvgIpc) is 2.63. The van der Waals surface area contributed by atoms with Crippen LogP contribution in [0.5, 0.6) is 0 Å².